The van der Waals surface area contributed by atoms with Crippen molar-refractivity contribution in [2.24, 2.45) is 4.99 Å². The highest BCUT2D eigenvalue weighted by atomic mass is 32.1. The third-order valence-corrected chi connectivity index (χ3v) is 5.62. The van der Waals surface area contributed by atoms with Crippen LogP contribution in [0.2, 0.25) is 0 Å². The van der Waals surface area contributed by atoms with Crippen molar-refractivity contribution < 1.29 is 9.63 Å². The van der Waals surface area contributed by atoms with E-state index in [-0.39, 0.29) is 5.92 Å². The smallest absolute Gasteiger partial charge is 0.226 e. The number of benzene rings is 1. The molecular weight excluding hydrogens is 386 g/mol. The van der Waals surface area contributed by atoms with Crippen LogP contribution in [-0.2, 0) is 6.42 Å². The third-order valence-electron chi connectivity index (χ3n) is 4.40. The largest absolute Gasteiger partial charge is 0.386 e. The van der Waals surface area contributed by atoms with Crippen molar-refractivity contribution >= 4 is 27.4 Å². The first kappa shape index (κ1) is 21.3. The van der Waals surface area contributed by atoms with Crippen molar-refractivity contribution in [2.75, 3.05) is 19.6 Å². The molecule has 0 radical (unpaired) electrons. The molecular formula is C21H29N5O2S. The first-order chi connectivity index (χ1) is 14.1. The van der Waals surface area contributed by atoms with Gasteiger partial charge in [-0.2, -0.15) is 4.98 Å². The van der Waals surface area contributed by atoms with Crippen molar-refractivity contribution in [3.63, 3.8) is 0 Å². The summed E-state index contributed by atoms with van der Waals surface area (Å²) in [6.07, 6.45) is 0.954. The summed E-state index contributed by atoms with van der Waals surface area (Å²) in [6.45, 7) is 7.90. The van der Waals surface area contributed by atoms with Crippen LogP contribution in [0.15, 0.2) is 39.8 Å². The summed E-state index contributed by atoms with van der Waals surface area (Å²) < 4.78 is 6.44. The van der Waals surface area contributed by atoms with Gasteiger partial charge in [0.2, 0.25) is 5.89 Å². The number of rotatable bonds is 9. The van der Waals surface area contributed by atoms with Gasteiger partial charge < -0.3 is 20.3 Å². The number of aryl methyl sites for hydroxylation is 1. The molecule has 3 N–H and O–H groups in total. The van der Waals surface area contributed by atoms with Crippen molar-refractivity contribution in [3.8, 4) is 0 Å². The van der Waals surface area contributed by atoms with E-state index in [4.69, 9.17) is 4.52 Å². The lowest BCUT2D eigenvalue weighted by Crippen LogP contribution is -2.38. The second-order valence-electron chi connectivity index (χ2n) is 7.15. The number of aliphatic hydroxyl groups is 1. The fraction of sp³-hybridized carbons (Fsp3) is 0.476. The topological polar surface area (TPSA) is 95.6 Å². The number of hydrogen-bond donors (Lipinski definition) is 3. The molecule has 0 saturated heterocycles. The van der Waals surface area contributed by atoms with Crippen LogP contribution in [0, 0.1) is 0 Å². The molecule has 0 aliphatic carbocycles. The molecule has 3 aromatic rings. The number of aliphatic hydroxyl groups excluding tert-OH is 1. The molecule has 1 atom stereocenters. The molecule has 2 heterocycles. The first-order valence-corrected chi connectivity index (χ1v) is 10.9. The van der Waals surface area contributed by atoms with Gasteiger partial charge in [-0.25, -0.2) is 0 Å². The van der Waals surface area contributed by atoms with Crippen molar-refractivity contribution in [3.05, 3.63) is 46.9 Å². The Morgan fingerprint density at radius 2 is 2.10 bits per heavy atom. The minimum atomic E-state index is -0.615. The lowest BCUT2D eigenvalue weighted by molar-refractivity contribution is 0.191. The van der Waals surface area contributed by atoms with Crippen molar-refractivity contribution in [1.82, 2.24) is 20.8 Å². The van der Waals surface area contributed by atoms with Gasteiger partial charge in [0.1, 0.15) is 6.10 Å². The molecule has 0 fully saturated rings. The van der Waals surface area contributed by atoms with Crippen molar-refractivity contribution in [2.45, 2.75) is 45.6 Å². The second-order valence-corrected chi connectivity index (χ2v) is 8.27. The van der Waals surface area contributed by atoms with E-state index in [1.807, 2.05) is 39.0 Å². The predicted octanol–water partition coefficient (Wildman–Crippen LogP) is 3.63. The van der Waals surface area contributed by atoms with E-state index in [1.54, 1.807) is 11.3 Å². The maximum absolute atomic E-state index is 10.5. The number of aliphatic imine (C=N–C) groups is 1. The van der Waals surface area contributed by atoms with Gasteiger partial charge in [0.05, 0.1) is 6.54 Å². The number of nitrogens with zero attached hydrogens (tertiary/aromatic N) is 3. The number of thiophene rings is 1. The fourth-order valence-electron chi connectivity index (χ4n) is 2.83. The summed E-state index contributed by atoms with van der Waals surface area (Å²) in [7, 11) is 0. The Morgan fingerprint density at radius 1 is 1.28 bits per heavy atom. The minimum absolute atomic E-state index is 0.269. The molecule has 0 aliphatic heterocycles. The molecule has 0 spiro atoms. The highest BCUT2D eigenvalue weighted by molar-refractivity contribution is 7.19. The van der Waals surface area contributed by atoms with Crippen LogP contribution in [0.4, 0.5) is 0 Å². The maximum Gasteiger partial charge on any atom is 0.226 e. The van der Waals surface area contributed by atoms with E-state index < -0.39 is 6.10 Å². The Labute approximate surface area is 175 Å². The normalized spacial score (nSPS) is 13.2. The highest BCUT2D eigenvalue weighted by Crippen LogP contribution is 2.29. The quantitative estimate of drug-likeness (QED) is 0.281. The molecule has 0 aliphatic rings. The molecule has 156 valence electrons. The van der Waals surface area contributed by atoms with Crippen LogP contribution in [0.5, 0.6) is 0 Å². The first-order valence-electron chi connectivity index (χ1n) is 10.1. The van der Waals surface area contributed by atoms with Gasteiger partial charge in [-0.15, -0.1) is 11.3 Å². The van der Waals surface area contributed by atoms with Crippen LogP contribution in [0.25, 0.3) is 10.1 Å². The van der Waals surface area contributed by atoms with Gasteiger partial charge in [0, 0.05) is 35.0 Å². The average molecular weight is 416 g/mol. The molecule has 3 rings (SSSR count). The summed E-state index contributed by atoms with van der Waals surface area (Å²) in [5.74, 6) is 2.38. The molecule has 29 heavy (non-hydrogen) atoms. The highest BCUT2D eigenvalue weighted by Gasteiger charge is 2.12. The Balaban J connectivity index is 1.49. The molecule has 1 unspecified atom stereocenters. The summed E-state index contributed by atoms with van der Waals surface area (Å²) in [6, 6.07) is 10.2. The van der Waals surface area contributed by atoms with Crippen molar-refractivity contribution in [1.29, 1.82) is 0 Å². The Hall–Kier alpha value is -2.45. The van der Waals surface area contributed by atoms with E-state index in [2.05, 4.69) is 37.9 Å². The molecule has 0 amide bonds. The lowest BCUT2D eigenvalue weighted by Gasteiger charge is -2.12. The van der Waals surface area contributed by atoms with Crippen LogP contribution >= 0.6 is 11.3 Å². The van der Waals surface area contributed by atoms with Gasteiger partial charge in [0.25, 0.3) is 0 Å². The number of hydrogen-bond acceptors (Lipinski definition) is 6. The second kappa shape index (κ2) is 10.4. The Bertz CT molecular complexity index is 901. The van der Waals surface area contributed by atoms with E-state index in [1.165, 1.54) is 4.70 Å². The van der Waals surface area contributed by atoms with Gasteiger partial charge in [0.15, 0.2) is 11.8 Å². The summed E-state index contributed by atoms with van der Waals surface area (Å²) in [4.78, 5) is 9.86. The minimum Gasteiger partial charge on any atom is -0.386 e. The molecule has 2 aromatic heterocycles. The molecule has 0 saturated carbocycles. The van der Waals surface area contributed by atoms with Crippen LogP contribution in [-0.4, -0.2) is 40.8 Å². The molecule has 1 aromatic carbocycles. The SMILES string of the molecule is CCNC(=NCC(O)c1cc2ccccc2s1)NCCCc1nc(C(C)C)no1. The Morgan fingerprint density at radius 3 is 2.83 bits per heavy atom. The van der Waals surface area contributed by atoms with E-state index in [0.717, 1.165) is 42.0 Å². The lowest BCUT2D eigenvalue weighted by atomic mass is 10.2. The van der Waals surface area contributed by atoms with Crippen LogP contribution in [0.1, 0.15) is 55.8 Å². The number of aromatic nitrogens is 2. The summed E-state index contributed by atoms with van der Waals surface area (Å²) >= 11 is 1.61. The number of fused-ring (bicyclic) bond motifs is 1. The molecule has 0 bridgehead atoms. The summed E-state index contributed by atoms with van der Waals surface area (Å²) in [5, 5.41) is 22.2. The van der Waals surface area contributed by atoms with Gasteiger partial charge in [-0.05, 0) is 30.9 Å². The van der Waals surface area contributed by atoms with Gasteiger partial charge in [-0.3, -0.25) is 4.99 Å². The standard InChI is InChI=1S/C21H29N5O2S/c1-4-22-21(23-11-7-10-19-25-20(14(2)3)26-28-19)24-13-16(27)18-12-15-8-5-6-9-17(15)29-18/h5-6,8-9,12,14,16,27H,4,7,10-11,13H2,1-3H3,(H2,22,23,24). The number of nitrogens with one attached hydrogen (secondary N) is 2. The third kappa shape index (κ3) is 6.01. The maximum atomic E-state index is 10.5. The van der Waals surface area contributed by atoms with Crippen LogP contribution < -0.4 is 10.6 Å². The summed E-state index contributed by atoms with van der Waals surface area (Å²) in [5.41, 5.74) is 0. The fourth-order valence-corrected chi connectivity index (χ4v) is 3.87. The number of guanidine groups is 1. The van der Waals surface area contributed by atoms with E-state index in [9.17, 15) is 5.11 Å². The molecule has 7 nitrogen and oxygen atoms in total. The van der Waals surface area contributed by atoms with Gasteiger partial charge in [-0.1, -0.05) is 37.2 Å². The zero-order chi connectivity index (χ0) is 20.6. The average Bonchev–Trinajstić information content (AvgIpc) is 3.36. The zero-order valence-corrected chi connectivity index (χ0v) is 18.0. The van der Waals surface area contributed by atoms with E-state index in [0.29, 0.717) is 18.4 Å². The zero-order valence-electron chi connectivity index (χ0n) is 17.2. The van der Waals surface area contributed by atoms with Crippen LogP contribution in [0.3, 0.4) is 0 Å². The van der Waals surface area contributed by atoms with Gasteiger partial charge >= 0.3 is 0 Å². The van der Waals surface area contributed by atoms with E-state index >= 15 is 0 Å². The monoisotopic (exact) mass is 415 g/mol. The predicted molar refractivity (Wildman–Crippen MR) is 117 cm³/mol. The Kier molecular flexibility index (Phi) is 7.60. The molecule has 8 heteroatoms.